The Morgan fingerprint density at radius 3 is 0.703 bits per heavy atom. The molecule has 3 N–H and O–H groups in total. The van der Waals surface area contributed by atoms with Crippen LogP contribution in [0.15, 0.2) is 0 Å². The summed E-state index contributed by atoms with van der Waals surface area (Å²) < 4.78 is 0. The largest absolute Gasteiger partial charge is 0.394 e. The molecule has 2 atom stereocenters. The van der Waals surface area contributed by atoms with Gasteiger partial charge in [-0.15, -0.1) is 0 Å². The summed E-state index contributed by atoms with van der Waals surface area (Å²) in [7, 11) is 0. The van der Waals surface area contributed by atoms with E-state index in [1.165, 1.54) is 308 Å². The minimum atomic E-state index is -0.655. The van der Waals surface area contributed by atoms with Gasteiger partial charge >= 0.3 is 0 Å². The lowest BCUT2D eigenvalue weighted by Crippen LogP contribution is -2.45. The van der Waals surface area contributed by atoms with Crippen LogP contribution >= 0.6 is 0 Å². The molecule has 0 aromatic carbocycles. The Kier molecular flexibility index (Phi) is 56.2. The van der Waals surface area contributed by atoms with Gasteiger partial charge in [0.05, 0.1) is 18.8 Å². The second-order valence-corrected chi connectivity index (χ2v) is 21.1. The lowest BCUT2D eigenvalue weighted by molar-refractivity contribution is -0.123. The minimum Gasteiger partial charge on any atom is -0.394 e. The fourth-order valence-electron chi connectivity index (χ4n) is 10.0. The molecule has 1 amide bonds. The second kappa shape index (κ2) is 56.7. The molecule has 0 rings (SSSR count). The summed E-state index contributed by atoms with van der Waals surface area (Å²) in [6.07, 6.45) is 72.6. The van der Waals surface area contributed by atoms with E-state index in [0.717, 1.165) is 25.7 Å². The van der Waals surface area contributed by atoms with E-state index in [1.54, 1.807) is 0 Å². The molecule has 0 spiro atoms. The molecular formula is C60H121NO3. The number of carbonyl (C=O) groups excluding carboxylic acids is 1. The molecule has 4 heteroatoms. The number of aliphatic hydroxyl groups excluding tert-OH is 2. The SMILES string of the molecule is CCCCCCCCCCCCCCCCCCCCCCCCCCCCCCCCCCC(O)C(CO)NC(=O)CCCCCCCCCCCCCCCCCCCCCC. The van der Waals surface area contributed by atoms with E-state index >= 15 is 0 Å². The highest BCUT2D eigenvalue weighted by molar-refractivity contribution is 5.76. The van der Waals surface area contributed by atoms with E-state index in [4.69, 9.17) is 0 Å². The van der Waals surface area contributed by atoms with Gasteiger partial charge in [0, 0.05) is 6.42 Å². The highest BCUT2D eigenvalue weighted by atomic mass is 16.3. The van der Waals surface area contributed by atoms with Gasteiger partial charge in [-0.1, -0.05) is 341 Å². The third-order valence-corrected chi connectivity index (χ3v) is 14.6. The zero-order valence-electron chi connectivity index (χ0n) is 44.3. The molecule has 0 bridgehead atoms. The normalized spacial score (nSPS) is 12.6. The number of hydrogen-bond donors (Lipinski definition) is 3. The van der Waals surface area contributed by atoms with E-state index in [0.29, 0.717) is 12.8 Å². The van der Waals surface area contributed by atoms with Gasteiger partial charge in [0.1, 0.15) is 0 Å². The molecule has 0 saturated carbocycles. The van der Waals surface area contributed by atoms with Crippen molar-refractivity contribution in [2.24, 2.45) is 0 Å². The van der Waals surface area contributed by atoms with Gasteiger partial charge < -0.3 is 15.5 Å². The molecule has 0 radical (unpaired) electrons. The maximum atomic E-state index is 12.5. The number of aliphatic hydroxyl groups is 2. The first-order valence-corrected chi connectivity index (χ1v) is 30.2. The maximum absolute atomic E-state index is 12.5. The number of unbranched alkanes of at least 4 members (excludes halogenated alkanes) is 50. The van der Waals surface area contributed by atoms with Gasteiger partial charge in [-0.3, -0.25) is 4.79 Å². The lowest BCUT2D eigenvalue weighted by atomic mass is 10.0. The van der Waals surface area contributed by atoms with Crippen molar-refractivity contribution in [2.75, 3.05) is 6.61 Å². The summed E-state index contributed by atoms with van der Waals surface area (Å²) in [6.45, 7) is 4.41. The first kappa shape index (κ1) is 63.4. The smallest absolute Gasteiger partial charge is 0.220 e. The van der Waals surface area contributed by atoms with Gasteiger partial charge in [-0.2, -0.15) is 0 Å². The monoisotopic (exact) mass is 904 g/mol. The Bertz CT molecular complexity index is 849. The van der Waals surface area contributed by atoms with Gasteiger partial charge in [0.15, 0.2) is 0 Å². The van der Waals surface area contributed by atoms with Crippen molar-refractivity contribution in [3.05, 3.63) is 0 Å². The van der Waals surface area contributed by atoms with Crippen molar-refractivity contribution in [2.45, 2.75) is 373 Å². The van der Waals surface area contributed by atoms with Crippen molar-refractivity contribution in [3.63, 3.8) is 0 Å². The van der Waals surface area contributed by atoms with Crippen molar-refractivity contribution in [1.82, 2.24) is 5.32 Å². The van der Waals surface area contributed by atoms with Crippen molar-refractivity contribution in [1.29, 1.82) is 0 Å². The molecular weight excluding hydrogens is 783 g/mol. The zero-order valence-corrected chi connectivity index (χ0v) is 44.3. The minimum absolute atomic E-state index is 0.0217. The summed E-state index contributed by atoms with van der Waals surface area (Å²) in [4.78, 5) is 12.5. The van der Waals surface area contributed by atoms with E-state index in [9.17, 15) is 15.0 Å². The summed E-state index contributed by atoms with van der Waals surface area (Å²) in [6, 6.07) is -0.531. The Hall–Kier alpha value is -0.610. The molecule has 0 aromatic rings. The Morgan fingerprint density at radius 2 is 0.500 bits per heavy atom. The van der Waals surface area contributed by atoms with Crippen LogP contribution in [0, 0.1) is 0 Å². The molecule has 0 aliphatic carbocycles. The maximum Gasteiger partial charge on any atom is 0.220 e. The molecule has 2 unspecified atom stereocenters. The summed E-state index contributed by atoms with van der Waals surface area (Å²) >= 11 is 0. The number of carbonyl (C=O) groups is 1. The molecule has 0 saturated heterocycles. The second-order valence-electron chi connectivity index (χ2n) is 21.1. The topological polar surface area (TPSA) is 69.6 Å². The molecule has 4 nitrogen and oxygen atoms in total. The number of nitrogens with one attached hydrogen (secondary N) is 1. The average molecular weight is 905 g/mol. The van der Waals surface area contributed by atoms with Gasteiger partial charge in [0.25, 0.3) is 0 Å². The van der Waals surface area contributed by atoms with Gasteiger partial charge in [-0.05, 0) is 12.8 Å². The van der Waals surface area contributed by atoms with Crippen molar-refractivity contribution < 1.29 is 15.0 Å². The lowest BCUT2D eigenvalue weighted by Gasteiger charge is -2.22. The summed E-state index contributed by atoms with van der Waals surface area (Å²) in [5.74, 6) is -0.0217. The van der Waals surface area contributed by atoms with Crippen molar-refractivity contribution in [3.8, 4) is 0 Å². The number of amides is 1. The molecule has 0 fully saturated rings. The van der Waals surface area contributed by atoms with Crippen LogP contribution in [0.5, 0.6) is 0 Å². The Labute approximate surface area is 404 Å². The fourth-order valence-corrected chi connectivity index (χ4v) is 10.0. The molecule has 0 aliphatic rings. The van der Waals surface area contributed by atoms with Crippen molar-refractivity contribution >= 4 is 5.91 Å². The number of hydrogen-bond acceptors (Lipinski definition) is 3. The summed E-state index contributed by atoms with van der Waals surface area (Å²) in [5.41, 5.74) is 0. The third kappa shape index (κ3) is 52.4. The van der Waals surface area contributed by atoms with Gasteiger partial charge in [-0.25, -0.2) is 0 Å². The quantitative estimate of drug-likeness (QED) is 0.0533. The predicted molar refractivity (Wildman–Crippen MR) is 286 cm³/mol. The van der Waals surface area contributed by atoms with Crippen LogP contribution in [0.3, 0.4) is 0 Å². The van der Waals surface area contributed by atoms with Gasteiger partial charge in [0.2, 0.25) is 5.91 Å². The summed E-state index contributed by atoms with van der Waals surface area (Å²) in [5, 5.41) is 23.4. The van der Waals surface area contributed by atoms with Crippen LogP contribution in [0.4, 0.5) is 0 Å². The average Bonchev–Trinajstić information content (AvgIpc) is 3.30. The van der Waals surface area contributed by atoms with E-state index in [1.807, 2.05) is 0 Å². The van der Waals surface area contributed by atoms with Crippen LogP contribution in [0.2, 0.25) is 0 Å². The highest BCUT2D eigenvalue weighted by Crippen LogP contribution is 2.19. The number of rotatable bonds is 57. The molecule has 0 heterocycles. The predicted octanol–water partition coefficient (Wildman–Crippen LogP) is 19.9. The first-order chi connectivity index (χ1) is 31.7. The van der Waals surface area contributed by atoms with E-state index in [2.05, 4.69) is 19.2 Å². The van der Waals surface area contributed by atoms with Crippen LogP contribution in [0.1, 0.15) is 361 Å². The van der Waals surface area contributed by atoms with E-state index in [-0.39, 0.29) is 12.5 Å². The van der Waals surface area contributed by atoms with Crippen LogP contribution in [-0.4, -0.2) is 34.9 Å². The van der Waals surface area contributed by atoms with E-state index < -0.39 is 12.1 Å². The van der Waals surface area contributed by atoms with Crippen LogP contribution in [-0.2, 0) is 4.79 Å². The highest BCUT2D eigenvalue weighted by Gasteiger charge is 2.20. The molecule has 0 aliphatic heterocycles. The molecule has 64 heavy (non-hydrogen) atoms. The molecule has 0 aromatic heterocycles. The van der Waals surface area contributed by atoms with Crippen LogP contribution < -0.4 is 5.32 Å². The Morgan fingerprint density at radius 1 is 0.312 bits per heavy atom. The zero-order chi connectivity index (χ0) is 46.3. The molecule has 384 valence electrons. The first-order valence-electron chi connectivity index (χ1n) is 30.2. The third-order valence-electron chi connectivity index (χ3n) is 14.6. The Balaban J connectivity index is 3.37. The standard InChI is InChI=1S/C60H121NO3/c1-3-5-7-9-11-13-15-17-19-21-23-25-26-27-28-29-30-31-32-33-34-35-36-37-39-41-43-45-47-49-51-53-55-59(63)58(57-62)61-60(64)56-54-52-50-48-46-44-42-40-38-24-22-20-18-16-14-12-10-8-6-4-2/h58-59,62-63H,3-57H2,1-2H3,(H,61,64). The van der Waals surface area contributed by atoms with Crippen LogP contribution in [0.25, 0.3) is 0 Å². The fraction of sp³-hybridized carbons (Fsp3) is 0.983.